The van der Waals surface area contributed by atoms with Crippen LogP contribution in [0.3, 0.4) is 0 Å². The molecule has 2 aromatic heterocycles. The number of carbonyl (C=O) groups excluding carboxylic acids is 1. The number of nitrogens with one attached hydrogen (secondary N) is 1. The Labute approximate surface area is 203 Å². The van der Waals surface area contributed by atoms with Gasteiger partial charge in [-0.3, -0.25) is 14.5 Å². The molecule has 5 rings (SSSR count). The predicted octanol–water partition coefficient (Wildman–Crippen LogP) is 4.48. The van der Waals surface area contributed by atoms with Gasteiger partial charge in [0, 0.05) is 49.4 Å². The van der Waals surface area contributed by atoms with E-state index in [9.17, 15) is 4.79 Å². The second-order valence-electron chi connectivity index (χ2n) is 9.10. The fourth-order valence-electron chi connectivity index (χ4n) is 4.64. The minimum Gasteiger partial charge on any atom is -0.457 e. The highest BCUT2D eigenvalue weighted by Crippen LogP contribution is 2.30. The molecule has 0 atom stereocenters. The average Bonchev–Trinajstić information content (AvgIpc) is 3.10. The van der Waals surface area contributed by atoms with Crippen molar-refractivity contribution >= 4 is 16.8 Å². The van der Waals surface area contributed by atoms with E-state index in [1.165, 1.54) is 6.07 Å². The normalized spacial score (nSPS) is 14.2. The van der Waals surface area contributed by atoms with Crippen LogP contribution in [0.1, 0.15) is 28.5 Å². The Morgan fingerprint density at radius 2 is 1.91 bits per heavy atom. The summed E-state index contributed by atoms with van der Waals surface area (Å²) in [6.45, 7) is 5.44. The summed E-state index contributed by atoms with van der Waals surface area (Å²) >= 11 is 0. The number of likely N-dealkylation sites (tertiary alicyclic amines) is 1. The van der Waals surface area contributed by atoms with Gasteiger partial charge in [-0.15, -0.1) is 0 Å². The van der Waals surface area contributed by atoms with E-state index < -0.39 is 5.82 Å². The number of halogens is 1. The molecular weight excluding hydrogens is 445 g/mol. The number of aromatic nitrogens is 3. The van der Waals surface area contributed by atoms with Gasteiger partial charge in [0.25, 0.3) is 5.91 Å². The Balaban J connectivity index is 1.41. The number of benzene rings is 2. The Morgan fingerprint density at radius 3 is 2.66 bits per heavy atom. The Morgan fingerprint density at radius 1 is 1.14 bits per heavy atom. The molecule has 35 heavy (non-hydrogen) atoms. The summed E-state index contributed by atoms with van der Waals surface area (Å²) in [6.07, 6.45) is 2.16. The standard InChI is InChI=1S/C27H28FN5O2/c1-5-17-10-18(11-23(28)26(17)27(34)30-19-14-32(3)15-19)24-12-21(8-9-29-24)35-20-6-7-22-16(2)31-33(4)25(22)13-20/h6-13,19H,5,14-15H2,1-4H3,(H,30,34). The van der Waals surface area contributed by atoms with Gasteiger partial charge in [-0.1, -0.05) is 6.92 Å². The van der Waals surface area contributed by atoms with E-state index in [2.05, 4.69) is 20.3 Å². The van der Waals surface area contributed by atoms with Gasteiger partial charge < -0.3 is 15.0 Å². The van der Waals surface area contributed by atoms with E-state index in [0.29, 0.717) is 34.7 Å². The summed E-state index contributed by atoms with van der Waals surface area (Å²) in [5, 5.41) is 8.45. The van der Waals surface area contributed by atoms with Crippen molar-refractivity contribution in [2.45, 2.75) is 26.3 Å². The van der Waals surface area contributed by atoms with Crippen LogP contribution in [0.4, 0.5) is 4.39 Å². The van der Waals surface area contributed by atoms with Crippen LogP contribution in [0.5, 0.6) is 11.5 Å². The molecule has 0 saturated carbocycles. The molecule has 1 aliphatic heterocycles. The highest BCUT2D eigenvalue weighted by molar-refractivity contribution is 5.97. The van der Waals surface area contributed by atoms with E-state index in [4.69, 9.17) is 4.74 Å². The second kappa shape index (κ2) is 9.11. The number of likely N-dealkylation sites (N-methyl/N-ethyl adjacent to an activating group) is 1. The molecule has 8 heteroatoms. The van der Waals surface area contributed by atoms with Crippen molar-refractivity contribution in [2.75, 3.05) is 20.1 Å². The van der Waals surface area contributed by atoms with Crippen molar-refractivity contribution in [2.24, 2.45) is 7.05 Å². The maximum absolute atomic E-state index is 15.2. The van der Waals surface area contributed by atoms with Crippen molar-refractivity contribution in [3.05, 3.63) is 71.3 Å². The molecule has 180 valence electrons. The van der Waals surface area contributed by atoms with Crippen molar-refractivity contribution in [1.82, 2.24) is 25.0 Å². The molecule has 4 aromatic rings. The smallest absolute Gasteiger partial charge is 0.254 e. The molecule has 1 amide bonds. The molecule has 2 aromatic carbocycles. The zero-order valence-electron chi connectivity index (χ0n) is 20.3. The van der Waals surface area contributed by atoms with Crippen LogP contribution in [-0.2, 0) is 13.5 Å². The molecule has 7 nitrogen and oxygen atoms in total. The van der Waals surface area contributed by atoms with E-state index in [1.807, 2.05) is 56.9 Å². The molecule has 1 N–H and O–H groups in total. The first-order chi connectivity index (χ1) is 16.8. The largest absolute Gasteiger partial charge is 0.457 e. The molecule has 0 unspecified atom stereocenters. The third-order valence-electron chi connectivity index (χ3n) is 6.45. The minimum absolute atomic E-state index is 0.0567. The third-order valence-corrected chi connectivity index (χ3v) is 6.45. The number of rotatable bonds is 6. The van der Waals surface area contributed by atoms with Gasteiger partial charge in [-0.2, -0.15) is 5.10 Å². The third kappa shape index (κ3) is 4.49. The lowest BCUT2D eigenvalue weighted by Crippen LogP contribution is -2.57. The summed E-state index contributed by atoms with van der Waals surface area (Å²) in [5.41, 5.74) is 3.87. The summed E-state index contributed by atoms with van der Waals surface area (Å²) < 4.78 is 23.1. The van der Waals surface area contributed by atoms with E-state index in [-0.39, 0.29) is 17.5 Å². The summed E-state index contributed by atoms with van der Waals surface area (Å²) in [7, 11) is 3.89. The lowest BCUT2D eigenvalue weighted by molar-refractivity contribution is 0.0853. The summed E-state index contributed by atoms with van der Waals surface area (Å²) in [4.78, 5) is 19.3. The second-order valence-corrected chi connectivity index (χ2v) is 9.10. The van der Waals surface area contributed by atoms with Crippen LogP contribution in [0.2, 0.25) is 0 Å². The molecule has 1 aliphatic rings. The lowest BCUT2D eigenvalue weighted by atomic mass is 9.98. The van der Waals surface area contributed by atoms with E-state index in [1.54, 1.807) is 18.3 Å². The number of hydrogen-bond donors (Lipinski definition) is 1. The fraction of sp³-hybridized carbons (Fsp3) is 0.296. The van der Waals surface area contributed by atoms with Crippen molar-refractivity contribution in [3.8, 4) is 22.8 Å². The number of amides is 1. The maximum Gasteiger partial charge on any atom is 0.254 e. The SMILES string of the molecule is CCc1cc(-c2cc(Oc3ccc4c(C)nn(C)c4c3)ccn2)cc(F)c1C(=O)NC1CN(C)C1. The number of nitrogens with zero attached hydrogens (tertiary/aromatic N) is 4. The van der Waals surface area contributed by atoms with Gasteiger partial charge in [-0.25, -0.2) is 4.39 Å². The molecule has 0 bridgehead atoms. The van der Waals surface area contributed by atoms with Crippen molar-refractivity contribution in [1.29, 1.82) is 0 Å². The van der Waals surface area contributed by atoms with E-state index in [0.717, 1.165) is 29.7 Å². The van der Waals surface area contributed by atoms with Crippen LogP contribution in [0, 0.1) is 12.7 Å². The van der Waals surface area contributed by atoms with Crippen molar-refractivity contribution < 1.29 is 13.9 Å². The average molecular weight is 474 g/mol. The van der Waals surface area contributed by atoms with Crippen LogP contribution in [0.15, 0.2) is 48.7 Å². The molecule has 3 heterocycles. The zero-order valence-corrected chi connectivity index (χ0v) is 20.3. The van der Waals surface area contributed by atoms with Crippen molar-refractivity contribution in [3.63, 3.8) is 0 Å². The number of fused-ring (bicyclic) bond motifs is 1. The van der Waals surface area contributed by atoms with Gasteiger partial charge in [0.05, 0.1) is 28.5 Å². The maximum atomic E-state index is 15.2. The minimum atomic E-state index is -0.547. The molecular formula is C27H28FN5O2. The number of pyridine rings is 1. The highest BCUT2D eigenvalue weighted by Gasteiger charge is 2.27. The first-order valence-corrected chi connectivity index (χ1v) is 11.7. The monoisotopic (exact) mass is 473 g/mol. The quantitative estimate of drug-likeness (QED) is 0.447. The van der Waals surface area contributed by atoms with Crippen LogP contribution in [-0.4, -0.2) is 51.8 Å². The highest BCUT2D eigenvalue weighted by atomic mass is 19.1. The van der Waals surface area contributed by atoms with Gasteiger partial charge in [0.2, 0.25) is 0 Å². The first-order valence-electron chi connectivity index (χ1n) is 11.7. The number of carbonyl (C=O) groups is 1. The van der Waals surface area contributed by atoms with Gasteiger partial charge in [0.1, 0.15) is 17.3 Å². The van der Waals surface area contributed by atoms with E-state index >= 15 is 4.39 Å². The van der Waals surface area contributed by atoms with Crippen LogP contribution in [0.25, 0.3) is 22.2 Å². The number of hydrogen-bond acceptors (Lipinski definition) is 5. The molecule has 0 aliphatic carbocycles. The number of ether oxygens (including phenoxy) is 1. The molecule has 1 fully saturated rings. The van der Waals surface area contributed by atoms with Crippen LogP contribution >= 0.6 is 0 Å². The Bertz CT molecular complexity index is 1420. The number of aryl methyl sites for hydroxylation is 3. The summed E-state index contributed by atoms with van der Waals surface area (Å²) in [5.74, 6) is 0.346. The van der Waals surface area contributed by atoms with Gasteiger partial charge in [0.15, 0.2) is 0 Å². The van der Waals surface area contributed by atoms with Gasteiger partial charge >= 0.3 is 0 Å². The van der Waals surface area contributed by atoms with Crippen LogP contribution < -0.4 is 10.1 Å². The fourth-order valence-corrected chi connectivity index (χ4v) is 4.64. The zero-order chi connectivity index (χ0) is 24.7. The molecule has 0 radical (unpaired) electrons. The predicted molar refractivity (Wildman–Crippen MR) is 133 cm³/mol. The lowest BCUT2D eigenvalue weighted by Gasteiger charge is -2.36. The first kappa shape index (κ1) is 23.0. The Hall–Kier alpha value is -3.78. The molecule has 0 spiro atoms. The van der Waals surface area contributed by atoms with Gasteiger partial charge in [-0.05, 0) is 56.3 Å². The summed E-state index contributed by atoms with van der Waals surface area (Å²) in [6, 6.07) is 12.6. The topological polar surface area (TPSA) is 72.3 Å². The molecule has 1 saturated heterocycles. The Kier molecular flexibility index (Phi) is 5.98.